The van der Waals surface area contributed by atoms with Crippen LogP contribution in [0.4, 0.5) is 5.82 Å². The fourth-order valence-electron chi connectivity index (χ4n) is 3.56. The van der Waals surface area contributed by atoms with Crippen LogP contribution in [0.1, 0.15) is 0 Å². The van der Waals surface area contributed by atoms with Crippen LogP contribution in [0.2, 0.25) is 10.0 Å². The largest absolute Gasteiger partial charge is 0.467 e. The van der Waals surface area contributed by atoms with E-state index in [0.29, 0.717) is 41.7 Å². The Morgan fingerprint density at radius 2 is 1.80 bits per heavy atom. The van der Waals surface area contributed by atoms with Gasteiger partial charge in [0.25, 0.3) is 0 Å². The molecule has 154 valence electrons. The lowest BCUT2D eigenvalue weighted by Crippen LogP contribution is -2.48. The van der Waals surface area contributed by atoms with Gasteiger partial charge in [-0.1, -0.05) is 41.9 Å². The maximum atomic E-state index is 11.9. The summed E-state index contributed by atoms with van der Waals surface area (Å²) in [6, 6.07) is 11.6. The zero-order chi connectivity index (χ0) is 21.3. The van der Waals surface area contributed by atoms with Crippen LogP contribution in [-0.2, 0) is 4.79 Å². The molecular formula is C22H20Cl2N4O2. The summed E-state index contributed by atoms with van der Waals surface area (Å²) in [5.41, 5.74) is 2.52. The quantitative estimate of drug-likeness (QED) is 0.558. The molecule has 0 unspecified atom stereocenters. The number of piperazine rings is 1. The van der Waals surface area contributed by atoms with Crippen LogP contribution in [0.15, 0.2) is 49.1 Å². The van der Waals surface area contributed by atoms with Crippen LogP contribution in [0, 0.1) is 0 Å². The lowest BCUT2D eigenvalue weighted by Gasteiger charge is -2.35. The van der Waals surface area contributed by atoms with Crippen LogP contribution < -0.4 is 9.64 Å². The summed E-state index contributed by atoms with van der Waals surface area (Å²) >= 11 is 12.6. The fourth-order valence-corrected chi connectivity index (χ4v) is 3.96. The third-order valence-electron chi connectivity index (χ3n) is 5.15. The second-order valence-electron chi connectivity index (χ2n) is 6.91. The third kappa shape index (κ3) is 3.93. The van der Waals surface area contributed by atoms with E-state index in [-0.39, 0.29) is 11.9 Å². The van der Waals surface area contributed by atoms with Crippen LogP contribution >= 0.6 is 23.2 Å². The summed E-state index contributed by atoms with van der Waals surface area (Å²) in [4.78, 5) is 24.9. The van der Waals surface area contributed by atoms with E-state index in [4.69, 9.17) is 27.9 Å². The molecule has 1 aliphatic rings. The number of amides is 1. The van der Waals surface area contributed by atoms with Gasteiger partial charge in [0, 0.05) is 42.2 Å². The molecular weight excluding hydrogens is 423 g/mol. The van der Waals surface area contributed by atoms with Crippen molar-refractivity contribution in [2.45, 2.75) is 0 Å². The SMILES string of the molecule is C=CC(=O)N1CCN(c2nc(OC)nc3cc(Cl)c(-c4ccc(Cl)cc4)cc23)CC1. The summed E-state index contributed by atoms with van der Waals surface area (Å²) in [7, 11) is 1.54. The average molecular weight is 443 g/mol. The molecule has 0 N–H and O–H groups in total. The number of aromatic nitrogens is 2. The van der Waals surface area contributed by atoms with Gasteiger partial charge in [-0.3, -0.25) is 4.79 Å². The van der Waals surface area contributed by atoms with E-state index in [0.717, 1.165) is 22.3 Å². The van der Waals surface area contributed by atoms with E-state index in [1.807, 2.05) is 36.4 Å². The summed E-state index contributed by atoms with van der Waals surface area (Å²) in [5, 5.41) is 2.11. The van der Waals surface area contributed by atoms with Crippen molar-refractivity contribution in [2.24, 2.45) is 0 Å². The molecule has 8 heteroatoms. The average Bonchev–Trinajstić information content (AvgIpc) is 2.78. The maximum absolute atomic E-state index is 11.9. The van der Waals surface area contributed by atoms with E-state index in [1.54, 1.807) is 4.90 Å². The standard InChI is InChI=1S/C22H20Cl2N4O2/c1-3-20(29)27-8-10-28(11-9-27)21-17-12-16(14-4-6-15(23)7-5-14)18(24)13-19(17)25-22(26-21)30-2/h3-7,12-13H,1,8-11H2,2H3. The first-order chi connectivity index (χ1) is 14.5. The number of halogens is 2. The first-order valence-corrected chi connectivity index (χ1v) is 10.2. The Morgan fingerprint density at radius 1 is 1.10 bits per heavy atom. The molecule has 0 saturated carbocycles. The van der Waals surface area contributed by atoms with Gasteiger partial charge >= 0.3 is 6.01 Å². The van der Waals surface area contributed by atoms with E-state index in [1.165, 1.54) is 13.2 Å². The number of carbonyl (C=O) groups is 1. The van der Waals surface area contributed by atoms with Gasteiger partial charge in [-0.15, -0.1) is 0 Å². The molecule has 1 aliphatic heterocycles. The number of carbonyl (C=O) groups excluding carboxylic acids is 1. The van der Waals surface area contributed by atoms with Gasteiger partial charge in [0.05, 0.1) is 17.6 Å². The number of nitrogens with zero attached hydrogens (tertiary/aromatic N) is 4. The topological polar surface area (TPSA) is 58.6 Å². The molecule has 4 rings (SSSR count). The van der Waals surface area contributed by atoms with Crippen molar-refractivity contribution in [2.75, 3.05) is 38.2 Å². The van der Waals surface area contributed by atoms with Crippen LogP contribution in [0.25, 0.3) is 22.0 Å². The third-order valence-corrected chi connectivity index (χ3v) is 5.71. The first-order valence-electron chi connectivity index (χ1n) is 9.47. The molecule has 2 heterocycles. The van der Waals surface area contributed by atoms with E-state index in [2.05, 4.69) is 21.4 Å². The molecule has 0 bridgehead atoms. The van der Waals surface area contributed by atoms with Crippen LogP contribution in [0.3, 0.4) is 0 Å². The number of benzene rings is 2. The van der Waals surface area contributed by atoms with Crippen LogP contribution in [0.5, 0.6) is 6.01 Å². The molecule has 6 nitrogen and oxygen atoms in total. The minimum absolute atomic E-state index is 0.0587. The van der Waals surface area contributed by atoms with Gasteiger partial charge in [-0.05, 0) is 35.9 Å². The Hall–Kier alpha value is -2.83. The Balaban J connectivity index is 1.78. The van der Waals surface area contributed by atoms with Crippen molar-refractivity contribution < 1.29 is 9.53 Å². The molecule has 1 fully saturated rings. The van der Waals surface area contributed by atoms with Gasteiger partial charge in [0.15, 0.2) is 0 Å². The first kappa shape index (κ1) is 20.4. The Bertz CT molecular complexity index is 1110. The van der Waals surface area contributed by atoms with E-state index >= 15 is 0 Å². The maximum Gasteiger partial charge on any atom is 0.318 e. The smallest absolute Gasteiger partial charge is 0.318 e. The van der Waals surface area contributed by atoms with Crippen molar-refractivity contribution >= 4 is 45.8 Å². The summed E-state index contributed by atoms with van der Waals surface area (Å²) in [6.07, 6.45) is 1.35. The highest BCUT2D eigenvalue weighted by atomic mass is 35.5. The Labute approximate surface area is 184 Å². The number of hydrogen-bond donors (Lipinski definition) is 0. The van der Waals surface area contributed by atoms with Crippen molar-refractivity contribution in [1.29, 1.82) is 0 Å². The minimum Gasteiger partial charge on any atom is -0.467 e. The van der Waals surface area contributed by atoms with Gasteiger partial charge in [0.2, 0.25) is 5.91 Å². The summed E-state index contributed by atoms with van der Waals surface area (Å²) in [5.74, 6) is 0.700. The number of fused-ring (bicyclic) bond motifs is 1. The van der Waals surface area contributed by atoms with Gasteiger partial charge < -0.3 is 14.5 Å². The van der Waals surface area contributed by atoms with Gasteiger partial charge in [-0.25, -0.2) is 0 Å². The second kappa shape index (κ2) is 8.50. The zero-order valence-corrected chi connectivity index (χ0v) is 18.0. The molecule has 0 spiro atoms. The lowest BCUT2D eigenvalue weighted by molar-refractivity contribution is -0.126. The van der Waals surface area contributed by atoms with Crippen molar-refractivity contribution in [3.8, 4) is 17.1 Å². The second-order valence-corrected chi connectivity index (χ2v) is 7.75. The molecule has 30 heavy (non-hydrogen) atoms. The number of hydrogen-bond acceptors (Lipinski definition) is 5. The Morgan fingerprint density at radius 3 is 2.43 bits per heavy atom. The predicted octanol–water partition coefficient (Wildman–Crippen LogP) is 4.45. The highest BCUT2D eigenvalue weighted by molar-refractivity contribution is 6.34. The zero-order valence-electron chi connectivity index (χ0n) is 16.4. The van der Waals surface area contributed by atoms with E-state index < -0.39 is 0 Å². The number of rotatable bonds is 4. The van der Waals surface area contributed by atoms with Crippen LogP contribution in [-0.4, -0.2) is 54.1 Å². The monoisotopic (exact) mass is 442 g/mol. The molecule has 0 aliphatic carbocycles. The van der Waals surface area contributed by atoms with Gasteiger partial charge in [0.1, 0.15) is 5.82 Å². The lowest BCUT2D eigenvalue weighted by atomic mass is 10.0. The molecule has 0 atom stereocenters. The molecule has 3 aromatic rings. The number of ether oxygens (including phenoxy) is 1. The Kier molecular flexibility index (Phi) is 5.79. The summed E-state index contributed by atoms with van der Waals surface area (Å²) in [6.45, 7) is 6.05. The van der Waals surface area contributed by atoms with Gasteiger partial charge in [-0.2, -0.15) is 9.97 Å². The highest BCUT2D eigenvalue weighted by Gasteiger charge is 2.23. The molecule has 1 aromatic heterocycles. The molecule has 2 aromatic carbocycles. The highest BCUT2D eigenvalue weighted by Crippen LogP contribution is 2.36. The predicted molar refractivity (Wildman–Crippen MR) is 121 cm³/mol. The number of anilines is 1. The molecule has 0 radical (unpaired) electrons. The van der Waals surface area contributed by atoms with E-state index in [9.17, 15) is 4.79 Å². The molecule has 1 amide bonds. The fraction of sp³-hybridized carbons (Fsp3) is 0.227. The van der Waals surface area contributed by atoms with Crippen molar-refractivity contribution in [3.05, 3.63) is 59.1 Å². The minimum atomic E-state index is -0.0587. The van der Waals surface area contributed by atoms with Crippen molar-refractivity contribution in [1.82, 2.24) is 14.9 Å². The normalized spacial score (nSPS) is 14.1. The number of methoxy groups -OCH3 is 1. The molecule has 1 saturated heterocycles. The van der Waals surface area contributed by atoms with Crippen molar-refractivity contribution in [3.63, 3.8) is 0 Å². The summed E-state index contributed by atoms with van der Waals surface area (Å²) < 4.78 is 5.31.